The SMILES string of the molecule is O=C(Cc1ccc(Cl)cc1Cl)NOC1CCCC1. The van der Waals surface area contributed by atoms with Crippen molar-refractivity contribution < 1.29 is 9.63 Å². The van der Waals surface area contributed by atoms with Crippen LogP contribution < -0.4 is 5.48 Å². The molecule has 3 nitrogen and oxygen atoms in total. The van der Waals surface area contributed by atoms with Gasteiger partial charge in [0.2, 0.25) is 5.91 Å². The second-order valence-corrected chi connectivity index (χ2v) is 5.31. The average molecular weight is 288 g/mol. The summed E-state index contributed by atoms with van der Waals surface area (Å²) < 4.78 is 0. The standard InChI is InChI=1S/C13H15Cl2NO2/c14-10-6-5-9(12(15)8-10)7-13(17)16-18-11-3-1-2-4-11/h5-6,8,11H,1-4,7H2,(H,16,17). The number of carbonyl (C=O) groups is 1. The molecule has 0 aliphatic heterocycles. The van der Waals surface area contributed by atoms with Crippen LogP contribution in [0.2, 0.25) is 10.0 Å². The normalized spacial score (nSPS) is 15.9. The predicted molar refractivity (Wildman–Crippen MR) is 71.6 cm³/mol. The van der Waals surface area contributed by atoms with E-state index in [1.165, 1.54) is 12.8 Å². The van der Waals surface area contributed by atoms with Crippen LogP contribution in [0.4, 0.5) is 0 Å². The van der Waals surface area contributed by atoms with Crippen LogP contribution in [0.3, 0.4) is 0 Å². The number of hydroxylamine groups is 1. The van der Waals surface area contributed by atoms with Crippen molar-refractivity contribution in [1.82, 2.24) is 5.48 Å². The van der Waals surface area contributed by atoms with Crippen molar-refractivity contribution in [2.24, 2.45) is 0 Å². The van der Waals surface area contributed by atoms with Gasteiger partial charge in [0.15, 0.2) is 0 Å². The van der Waals surface area contributed by atoms with Crippen LogP contribution in [0.15, 0.2) is 18.2 Å². The first kappa shape index (κ1) is 13.7. The highest BCUT2D eigenvalue weighted by atomic mass is 35.5. The van der Waals surface area contributed by atoms with Gasteiger partial charge in [0.1, 0.15) is 0 Å². The third-order valence-electron chi connectivity index (χ3n) is 3.01. The Bertz CT molecular complexity index is 431. The summed E-state index contributed by atoms with van der Waals surface area (Å²) in [7, 11) is 0. The maximum Gasteiger partial charge on any atom is 0.248 e. The first-order chi connectivity index (χ1) is 8.65. The Morgan fingerprint density at radius 1 is 1.33 bits per heavy atom. The average Bonchev–Trinajstić information content (AvgIpc) is 2.83. The van der Waals surface area contributed by atoms with E-state index in [1.807, 2.05) is 0 Å². The number of amides is 1. The maximum absolute atomic E-state index is 11.7. The van der Waals surface area contributed by atoms with Crippen molar-refractivity contribution in [2.45, 2.75) is 38.2 Å². The molecule has 98 valence electrons. The minimum atomic E-state index is -0.189. The summed E-state index contributed by atoms with van der Waals surface area (Å²) in [6.45, 7) is 0. The van der Waals surface area contributed by atoms with E-state index in [0.717, 1.165) is 18.4 Å². The van der Waals surface area contributed by atoms with E-state index in [9.17, 15) is 4.79 Å². The molecular formula is C13H15Cl2NO2. The summed E-state index contributed by atoms with van der Waals surface area (Å²) in [5.41, 5.74) is 3.23. The largest absolute Gasteiger partial charge is 0.272 e. The lowest BCUT2D eigenvalue weighted by Crippen LogP contribution is -2.29. The number of hydrogen-bond acceptors (Lipinski definition) is 2. The van der Waals surface area contributed by atoms with Crippen LogP contribution >= 0.6 is 23.2 Å². The molecule has 0 radical (unpaired) electrons. The molecule has 1 fully saturated rings. The molecule has 5 heteroatoms. The minimum absolute atomic E-state index is 0.162. The lowest BCUT2D eigenvalue weighted by atomic mass is 10.1. The van der Waals surface area contributed by atoms with Crippen LogP contribution in [0.25, 0.3) is 0 Å². The summed E-state index contributed by atoms with van der Waals surface area (Å²) in [5, 5.41) is 1.06. The summed E-state index contributed by atoms with van der Waals surface area (Å²) in [5.74, 6) is -0.189. The Labute approximate surface area is 116 Å². The van der Waals surface area contributed by atoms with E-state index < -0.39 is 0 Å². The summed E-state index contributed by atoms with van der Waals surface area (Å²) >= 11 is 11.8. The Hall–Kier alpha value is -0.770. The highest BCUT2D eigenvalue weighted by Gasteiger charge is 2.17. The van der Waals surface area contributed by atoms with Crippen LogP contribution in [0.5, 0.6) is 0 Å². The van der Waals surface area contributed by atoms with Gasteiger partial charge in [-0.15, -0.1) is 0 Å². The van der Waals surface area contributed by atoms with Gasteiger partial charge in [-0.25, -0.2) is 5.48 Å². The molecule has 0 bridgehead atoms. The summed E-state index contributed by atoms with van der Waals surface area (Å²) in [6, 6.07) is 5.09. The molecule has 2 rings (SSSR count). The van der Waals surface area contributed by atoms with Gasteiger partial charge in [0.05, 0.1) is 12.5 Å². The van der Waals surface area contributed by atoms with E-state index in [2.05, 4.69) is 5.48 Å². The molecule has 0 saturated heterocycles. The topological polar surface area (TPSA) is 38.3 Å². The molecule has 1 aromatic carbocycles. The molecule has 1 amide bonds. The van der Waals surface area contributed by atoms with E-state index in [1.54, 1.807) is 18.2 Å². The Morgan fingerprint density at radius 3 is 2.72 bits per heavy atom. The molecule has 1 aliphatic rings. The highest BCUT2D eigenvalue weighted by molar-refractivity contribution is 6.35. The third kappa shape index (κ3) is 3.87. The van der Waals surface area contributed by atoms with Gasteiger partial charge in [-0.3, -0.25) is 9.63 Å². The van der Waals surface area contributed by atoms with Gasteiger partial charge < -0.3 is 0 Å². The van der Waals surface area contributed by atoms with Gasteiger partial charge in [-0.2, -0.15) is 0 Å². The minimum Gasteiger partial charge on any atom is -0.272 e. The van der Waals surface area contributed by atoms with E-state index in [0.29, 0.717) is 10.0 Å². The van der Waals surface area contributed by atoms with Crippen LogP contribution in [0.1, 0.15) is 31.2 Å². The lowest BCUT2D eigenvalue weighted by Gasteiger charge is -2.11. The maximum atomic E-state index is 11.7. The molecule has 0 aromatic heterocycles. The molecule has 1 aliphatic carbocycles. The van der Waals surface area contributed by atoms with Crippen molar-refractivity contribution in [2.75, 3.05) is 0 Å². The van der Waals surface area contributed by atoms with E-state index in [-0.39, 0.29) is 18.4 Å². The van der Waals surface area contributed by atoms with Crippen molar-refractivity contribution in [3.05, 3.63) is 33.8 Å². The fourth-order valence-corrected chi connectivity index (χ4v) is 2.50. The van der Waals surface area contributed by atoms with Gasteiger partial charge >= 0.3 is 0 Å². The molecule has 0 spiro atoms. The molecule has 0 atom stereocenters. The van der Waals surface area contributed by atoms with E-state index >= 15 is 0 Å². The van der Waals surface area contributed by atoms with E-state index in [4.69, 9.17) is 28.0 Å². The van der Waals surface area contributed by atoms with Crippen LogP contribution in [0, 0.1) is 0 Å². The fourth-order valence-electron chi connectivity index (χ4n) is 2.03. The number of nitrogens with one attached hydrogen (secondary N) is 1. The zero-order valence-corrected chi connectivity index (χ0v) is 11.4. The Balaban J connectivity index is 1.82. The molecular weight excluding hydrogens is 273 g/mol. The number of carbonyl (C=O) groups excluding carboxylic acids is 1. The zero-order valence-electron chi connectivity index (χ0n) is 9.92. The second kappa shape index (κ2) is 6.41. The zero-order chi connectivity index (χ0) is 13.0. The molecule has 1 aromatic rings. The van der Waals surface area contributed by atoms with Crippen LogP contribution in [-0.4, -0.2) is 12.0 Å². The smallest absolute Gasteiger partial charge is 0.248 e. The van der Waals surface area contributed by atoms with Gasteiger partial charge in [0, 0.05) is 10.0 Å². The first-order valence-electron chi connectivity index (χ1n) is 6.03. The summed E-state index contributed by atoms with van der Waals surface area (Å²) in [6.07, 6.45) is 4.73. The van der Waals surface area contributed by atoms with Gasteiger partial charge in [0.25, 0.3) is 0 Å². The fraction of sp³-hybridized carbons (Fsp3) is 0.462. The molecule has 1 saturated carbocycles. The monoisotopic (exact) mass is 287 g/mol. The molecule has 0 unspecified atom stereocenters. The molecule has 18 heavy (non-hydrogen) atoms. The van der Waals surface area contributed by atoms with Crippen molar-refractivity contribution in [3.63, 3.8) is 0 Å². The number of hydrogen-bond donors (Lipinski definition) is 1. The first-order valence-corrected chi connectivity index (χ1v) is 6.79. The highest BCUT2D eigenvalue weighted by Crippen LogP contribution is 2.22. The summed E-state index contributed by atoms with van der Waals surface area (Å²) in [4.78, 5) is 17.0. The third-order valence-corrected chi connectivity index (χ3v) is 3.59. The Kier molecular flexibility index (Phi) is 4.87. The molecule has 1 N–H and O–H groups in total. The van der Waals surface area contributed by atoms with Crippen molar-refractivity contribution in [3.8, 4) is 0 Å². The van der Waals surface area contributed by atoms with Gasteiger partial charge in [-0.05, 0) is 30.5 Å². The van der Waals surface area contributed by atoms with Crippen molar-refractivity contribution in [1.29, 1.82) is 0 Å². The quantitative estimate of drug-likeness (QED) is 0.861. The Morgan fingerprint density at radius 2 is 2.06 bits per heavy atom. The molecule has 0 heterocycles. The number of halogens is 2. The predicted octanol–water partition coefficient (Wildman–Crippen LogP) is 3.53. The number of benzene rings is 1. The number of rotatable bonds is 4. The van der Waals surface area contributed by atoms with Crippen molar-refractivity contribution >= 4 is 29.1 Å². The lowest BCUT2D eigenvalue weighted by molar-refractivity contribution is -0.137. The van der Waals surface area contributed by atoms with Crippen LogP contribution in [-0.2, 0) is 16.1 Å². The second-order valence-electron chi connectivity index (χ2n) is 4.46. The van der Waals surface area contributed by atoms with Gasteiger partial charge in [-0.1, -0.05) is 42.1 Å².